The molecule has 0 spiro atoms. The molecule has 0 saturated carbocycles. The lowest BCUT2D eigenvalue weighted by Crippen LogP contribution is -2.22. The van der Waals surface area contributed by atoms with E-state index in [9.17, 15) is 9.18 Å². The molecular formula is C14H14FN3O2. The summed E-state index contributed by atoms with van der Waals surface area (Å²) in [5.41, 5.74) is 5.69. The van der Waals surface area contributed by atoms with Crippen molar-refractivity contribution in [2.24, 2.45) is 0 Å². The zero-order chi connectivity index (χ0) is 14.7. The minimum Gasteiger partial charge on any atom is -0.457 e. The molecule has 104 valence electrons. The summed E-state index contributed by atoms with van der Waals surface area (Å²) in [6.45, 7) is 0. The van der Waals surface area contributed by atoms with E-state index in [1.54, 1.807) is 26.2 Å². The van der Waals surface area contributed by atoms with Gasteiger partial charge in [-0.05, 0) is 18.2 Å². The van der Waals surface area contributed by atoms with Crippen LogP contribution in [0.1, 0.15) is 10.5 Å². The zero-order valence-electron chi connectivity index (χ0n) is 11.1. The van der Waals surface area contributed by atoms with Crippen molar-refractivity contribution in [2.45, 2.75) is 0 Å². The second-order valence-electron chi connectivity index (χ2n) is 4.36. The normalized spacial score (nSPS) is 10.2. The molecule has 0 aliphatic heterocycles. The highest BCUT2D eigenvalue weighted by Crippen LogP contribution is 2.24. The Morgan fingerprint density at radius 2 is 1.95 bits per heavy atom. The molecule has 1 aromatic carbocycles. The first-order valence-corrected chi connectivity index (χ1v) is 5.88. The monoisotopic (exact) mass is 275 g/mol. The summed E-state index contributed by atoms with van der Waals surface area (Å²) in [5.74, 6) is -0.0967. The van der Waals surface area contributed by atoms with Gasteiger partial charge in [-0.2, -0.15) is 0 Å². The van der Waals surface area contributed by atoms with E-state index in [4.69, 9.17) is 10.5 Å². The van der Waals surface area contributed by atoms with Crippen LogP contribution in [0, 0.1) is 5.82 Å². The number of rotatable bonds is 3. The van der Waals surface area contributed by atoms with E-state index in [2.05, 4.69) is 4.98 Å². The molecule has 1 amide bonds. The highest BCUT2D eigenvalue weighted by molar-refractivity contribution is 5.92. The van der Waals surface area contributed by atoms with Gasteiger partial charge in [0.15, 0.2) is 0 Å². The number of pyridine rings is 1. The zero-order valence-corrected chi connectivity index (χ0v) is 11.1. The fourth-order valence-corrected chi connectivity index (χ4v) is 1.53. The first-order valence-electron chi connectivity index (χ1n) is 5.88. The molecule has 5 nitrogen and oxygen atoms in total. The highest BCUT2D eigenvalue weighted by atomic mass is 19.1. The van der Waals surface area contributed by atoms with Gasteiger partial charge in [-0.1, -0.05) is 0 Å². The largest absolute Gasteiger partial charge is 0.457 e. The Morgan fingerprint density at radius 3 is 2.60 bits per heavy atom. The molecule has 0 saturated heterocycles. The predicted octanol–water partition coefficient (Wildman–Crippen LogP) is 2.30. The van der Waals surface area contributed by atoms with Crippen LogP contribution >= 0.6 is 0 Å². The second kappa shape index (κ2) is 5.56. The minimum absolute atomic E-state index is 0.0514. The number of carbonyl (C=O) groups excluding carboxylic acids is 1. The summed E-state index contributed by atoms with van der Waals surface area (Å²) in [6.07, 6.45) is 1.46. The van der Waals surface area contributed by atoms with Gasteiger partial charge in [0.1, 0.15) is 23.0 Å². The van der Waals surface area contributed by atoms with Gasteiger partial charge >= 0.3 is 0 Å². The SMILES string of the molecule is CN(C)C(=O)c1cc(Oc2ccc(N)c(F)c2)ccn1. The van der Waals surface area contributed by atoms with Gasteiger partial charge in [0, 0.05) is 32.4 Å². The third-order valence-electron chi connectivity index (χ3n) is 2.56. The molecular weight excluding hydrogens is 261 g/mol. The Balaban J connectivity index is 2.23. The molecule has 0 fully saturated rings. The summed E-state index contributed by atoms with van der Waals surface area (Å²) >= 11 is 0. The predicted molar refractivity (Wildman–Crippen MR) is 73.1 cm³/mol. The van der Waals surface area contributed by atoms with Gasteiger partial charge in [-0.15, -0.1) is 0 Å². The Kier molecular flexibility index (Phi) is 3.84. The average Bonchev–Trinajstić information content (AvgIpc) is 2.42. The standard InChI is InChI=1S/C14H14FN3O2/c1-18(2)14(19)13-8-10(5-6-17-13)20-9-3-4-12(16)11(15)7-9/h3-8H,16H2,1-2H3. The molecule has 20 heavy (non-hydrogen) atoms. The van der Waals surface area contributed by atoms with Crippen molar-refractivity contribution in [2.75, 3.05) is 19.8 Å². The fraction of sp³-hybridized carbons (Fsp3) is 0.143. The summed E-state index contributed by atoms with van der Waals surface area (Å²) in [4.78, 5) is 17.2. The summed E-state index contributed by atoms with van der Waals surface area (Å²) in [6, 6.07) is 7.23. The number of nitrogens with zero attached hydrogens (tertiary/aromatic N) is 2. The number of amides is 1. The lowest BCUT2D eigenvalue weighted by atomic mass is 10.3. The number of anilines is 1. The van der Waals surface area contributed by atoms with Crippen molar-refractivity contribution in [3.05, 3.63) is 48.0 Å². The van der Waals surface area contributed by atoms with Crippen LogP contribution in [0.4, 0.5) is 10.1 Å². The van der Waals surface area contributed by atoms with E-state index >= 15 is 0 Å². The number of hydrogen-bond acceptors (Lipinski definition) is 4. The topological polar surface area (TPSA) is 68.5 Å². The summed E-state index contributed by atoms with van der Waals surface area (Å²) in [5, 5.41) is 0. The summed E-state index contributed by atoms with van der Waals surface area (Å²) in [7, 11) is 3.26. The van der Waals surface area contributed by atoms with Crippen molar-refractivity contribution in [1.29, 1.82) is 0 Å². The van der Waals surface area contributed by atoms with E-state index in [1.165, 1.54) is 29.3 Å². The molecule has 2 aromatic rings. The van der Waals surface area contributed by atoms with E-state index in [1.807, 2.05) is 0 Å². The van der Waals surface area contributed by atoms with Crippen molar-refractivity contribution < 1.29 is 13.9 Å². The summed E-state index contributed by atoms with van der Waals surface area (Å²) < 4.78 is 18.8. The minimum atomic E-state index is -0.554. The molecule has 0 bridgehead atoms. The molecule has 6 heteroatoms. The van der Waals surface area contributed by atoms with Crippen LogP contribution in [0.25, 0.3) is 0 Å². The maximum atomic E-state index is 13.3. The maximum Gasteiger partial charge on any atom is 0.272 e. The van der Waals surface area contributed by atoms with Gasteiger partial charge in [-0.3, -0.25) is 9.78 Å². The van der Waals surface area contributed by atoms with Crippen LogP contribution < -0.4 is 10.5 Å². The number of halogens is 1. The van der Waals surface area contributed by atoms with Crippen molar-refractivity contribution in [1.82, 2.24) is 9.88 Å². The van der Waals surface area contributed by atoms with Gasteiger partial charge in [0.2, 0.25) is 0 Å². The number of nitrogen functional groups attached to an aromatic ring is 1. The van der Waals surface area contributed by atoms with Crippen molar-refractivity contribution >= 4 is 11.6 Å². The number of nitrogens with two attached hydrogens (primary N) is 1. The molecule has 0 aliphatic carbocycles. The van der Waals surface area contributed by atoms with Crippen LogP contribution in [-0.2, 0) is 0 Å². The number of carbonyl (C=O) groups is 1. The fourth-order valence-electron chi connectivity index (χ4n) is 1.53. The van der Waals surface area contributed by atoms with Crippen molar-refractivity contribution in [3.63, 3.8) is 0 Å². The van der Waals surface area contributed by atoms with Gasteiger partial charge in [0.25, 0.3) is 5.91 Å². The lowest BCUT2D eigenvalue weighted by molar-refractivity contribution is 0.0821. The van der Waals surface area contributed by atoms with Crippen molar-refractivity contribution in [3.8, 4) is 11.5 Å². The molecule has 0 aliphatic rings. The highest BCUT2D eigenvalue weighted by Gasteiger charge is 2.11. The third kappa shape index (κ3) is 3.03. The number of hydrogen-bond donors (Lipinski definition) is 1. The third-order valence-corrected chi connectivity index (χ3v) is 2.56. The van der Waals surface area contributed by atoms with Crippen LogP contribution in [-0.4, -0.2) is 29.9 Å². The maximum absolute atomic E-state index is 13.3. The molecule has 1 aromatic heterocycles. The molecule has 2 N–H and O–H groups in total. The molecule has 0 radical (unpaired) electrons. The molecule has 1 heterocycles. The van der Waals surface area contributed by atoms with Crippen LogP contribution in [0.5, 0.6) is 11.5 Å². The van der Waals surface area contributed by atoms with E-state index < -0.39 is 5.82 Å². The van der Waals surface area contributed by atoms with Crippen LogP contribution in [0.2, 0.25) is 0 Å². The Hall–Kier alpha value is -2.63. The van der Waals surface area contributed by atoms with Gasteiger partial charge < -0.3 is 15.4 Å². The smallest absolute Gasteiger partial charge is 0.272 e. The second-order valence-corrected chi connectivity index (χ2v) is 4.36. The Morgan fingerprint density at radius 1 is 1.25 bits per heavy atom. The van der Waals surface area contributed by atoms with Crippen LogP contribution in [0.15, 0.2) is 36.5 Å². The van der Waals surface area contributed by atoms with E-state index in [0.29, 0.717) is 11.5 Å². The van der Waals surface area contributed by atoms with Gasteiger partial charge in [0.05, 0.1) is 5.69 Å². The molecule has 0 atom stereocenters. The lowest BCUT2D eigenvalue weighted by Gasteiger charge is -2.11. The van der Waals surface area contributed by atoms with Gasteiger partial charge in [-0.25, -0.2) is 4.39 Å². The average molecular weight is 275 g/mol. The van der Waals surface area contributed by atoms with E-state index in [0.717, 1.165) is 0 Å². The molecule has 2 rings (SSSR count). The van der Waals surface area contributed by atoms with E-state index in [-0.39, 0.29) is 17.3 Å². The first-order chi connectivity index (χ1) is 9.47. The number of ether oxygens (including phenoxy) is 1. The Bertz CT molecular complexity index is 644. The quantitative estimate of drug-likeness (QED) is 0.873. The Labute approximate surface area is 115 Å². The van der Waals surface area contributed by atoms with Crippen LogP contribution in [0.3, 0.4) is 0 Å². The molecule has 0 unspecified atom stereocenters. The number of aromatic nitrogens is 1. The first kappa shape index (κ1) is 13.8. The number of benzene rings is 1.